The van der Waals surface area contributed by atoms with Gasteiger partial charge in [-0.2, -0.15) is 25.3 Å². The van der Waals surface area contributed by atoms with Gasteiger partial charge in [0, 0.05) is 40.4 Å². The number of phenolic OH excluding ortho intramolecular Hbond substituents is 1. The lowest BCUT2D eigenvalue weighted by atomic mass is 9.99. The molecule has 0 aliphatic carbocycles. The van der Waals surface area contributed by atoms with E-state index in [1.807, 2.05) is 12.1 Å². The number of para-hydroxylation sites is 1. The lowest BCUT2D eigenvalue weighted by molar-refractivity contribution is -0.137. The van der Waals surface area contributed by atoms with Crippen LogP contribution in [0.1, 0.15) is 57.2 Å². The van der Waals surface area contributed by atoms with Gasteiger partial charge in [0.15, 0.2) is 0 Å². The molecule has 4 rings (SSSR count). The molecular formula is C50H69N11O11S2. The fourth-order valence-electron chi connectivity index (χ4n) is 7.77. The highest BCUT2D eigenvalue weighted by atomic mass is 32.1. The third-order valence-electron chi connectivity index (χ3n) is 11.9. The molecule has 0 radical (unpaired) electrons. The summed E-state index contributed by atoms with van der Waals surface area (Å²) in [5.74, 6) is -7.47. The van der Waals surface area contributed by atoms with Crippen LogP contribution in [0, 0.1) is 0 Å². The van der Waals surface area contributed by atoms with Gasteiger partial charge in [0.05, 0.1) is 18.2 Å². The van der Waals surface area contributed by atoms with Crippen LogP contribution < -0.4 is 54.4 Å². The van der Waals surface area contributed by atoms with E-state index in [4.69, 9.17) is 17.2 Å². The first-order chi connectivity index (χ1) is 34.9. The second kappa shape index (κ2) is 28.1. The molecule has 17 N–H and O–H groups in total. The van der Waals surface area contributed by atoms with Gasteiger partial charge in [-0.15, -0.1) is 0 Å². The summed E-state index contributed by atoms with van der Waals surface area (Å²) in [6.45, 7) is 5.42. The summed E-state index contributed by atoms with van der Waals surface area (Å²) in [5.41, 5.74) is 20.0. The monoisotopic (exact) mass is 1060 g/mol. The third kappa shape index (κ3) is 17.8. The molecule has 0 saturated carbocycles. The molecule has 0 aliphatic rings. The Morgan fingerprint density at radius 1 is 0.622 bits per heavy atom. The number of nitrogens with two attached hydrogens (primary N) is 3. The van der Waals surface area contributed by atoms with Crippen molar-refractivity contribution in [1.29, 1.82) is 0 Å². The van der Waals surface area contributed by atoms with E-state index in [0.29, 0.717) is 22.0 Å². The Labute approximate surface area is 439 Å². The van der Waals surface area contributed by atoms with Gasteiger partial charge >= 0.3 is 0 Å². The lowest BCUT2D eigenvalue weighted by Gasteiger charge is -2.33. The summed E-state index contributed by atoms with van der Waals surface area (Å²) in [7, 11) is 0. The summed E-state index contributed by atoms with van der Waals surface area (Å²) in [4.78, 5) is 113. The Bertz CT molecular complexity index is 2560. The van der Waals surface area contributed by atoms with Crippen molar-refractivity contribution in [3.63, 3.8) is 0 Å². The predicted molar refractivity (Wildman–Crippen MR) is 283 cm³/mol. The second-order valence-electron chi connectivity index (χ2n) is 18.5. The van der Waals surface area contributed by atoms with Crippen molar-refractivity contribution in [3.05, 3.63) is 102 Å². The number of aliphatic hydroxyl groups excluding tert-OH is 2. The van der Waals surface area contributed by atoms with E-state index in [-0.39, 0.29) is 50.2 Å². The Hall–Kier alpha value is -6.70. The molecule has 0 aliphatic heterocycles. The highest BCUT2D eigenvalue weighted by Gasteiger charge is 2.40. The minimum Gasteiger partial charge on any atom is -0.508 e. The molecule has 0 bridgehead atoms. The van der Waals surface area contributed by atoms with Gasteiger partial charge in [0.1, 0.15) is 48.0 Å². The van der Waals surface area contributed by atoms with Crippen molar-refractivity contribution in [3.8, 4) is 5.75 Å². The summed E-state index contributed by atoms with van der Waals surface area (Å²) in [6.07, 6.45) is -1.42. The Balaban J connectivity index is 1.63. The summed E-state index contributed by atoms with van der Waals surface area (Å²) < 4.78 is -1.33. The molecule has 10 unspecified atom stereocenters. The number of carbonyl (C=O) groups is 8. The van der Waals surface area contributed by atoms with Crippen molar-refractivity contribution >= 4 is 83.4 Å². The van der Waals surface area contributed by atoms with Gasteiger partial charge in [-0.25, -0.2) is 0 Å². The minimum absolute atomic E-state index is 0.0607. The average Bonchev–Trinajstić information content (AvgIpc) is 3.76. The van der Waals surface area contributed by atoms with Crippen LogP contribution in [-0.2, 0) is 57.6 Å². The molecule has 3 aromatic carbocycles. The second-order valence-corrected chi connectivity index (χ2v) is 20.1. The van der Waals surface area contributed by atoms with Crippen molar-refractivity contribution < 1.29 is 53.7 Å². The number of thiol groups is 2. The van der Waals surface area contributed by atoms with Gasteiger partial charge in [-0.1, -0.05) is 60.7 Å². The van der Waals surface area contributed by atoms with Crippen LogP contribution in [0.5, 0.6) is 5.75 Å². The van der Waals surface area contributed by atoms with Gasteiger partial charge in [0.2, 0.25) is 47.3 Å². The molecule has 1 heterocycles. The molecule has 1 aromatic heterocycles. The number of primary amides is 1. The van der Waals surface area contributed by atoms with Crippen molar-refractivity contribution in [2.75, 3.05) is 12.3 Å². The molecule has 4 aromatic rings. The molecule has 74 heavy (non-hydrogen) atoms. The Kier molecular flexibility index (Phi) is 22.7. The van der Waals surface area contributed by atoms with E-state index in [0.717, 1.165) is 5.56 Å². The number of hydrogen-bond donors (Lipinski definition) is 16. The zero-order valence-corrected chi connectivity index (χ0v) is 43.3. The molecular weight excluding hydrogens is 995 g/mol. The lowest BCUT2D eigenvalue weighted by Crippen LogP contribution is -2.64. The highest BCUT2D eigenvalue weighted by molar-refractivity contribution is 7.81. The maximum absolute atomic E-state index is 14.6. The van der Waals surface area contributed by atoms with E-state index in [2.05, 4.69) is 67.5 Å². The number of phenols is 1. The summed E-state index contributed by atoms with van der Waals surface area (Å²) in [5, 5.41) is 49.4. The van der Waals surface area contributed by atoms with E-state index >= 15 is 0 Å². The van der Waals surface area contributed by atoms with Crippen molar-refractivity contribution in [2.24, 2.45) is 17.2 Å². The first-order valence-electron chi connectivity index (χ1n) is 23.9. The first-order valence-corrected chi connectivity index (χ1v) is 25.0. The molecule has 0 spiro atoms. The number of benzene rings is 3. The number of aliphatic hydroxyl groups is 2. The number of carbonyl (C=O) groups excluding carboxylic acids is 8. The summed E-state index contributed by atoms with van der Waals surface area (Å²) in [6, 6.07) is 10.6. The van der Waals surface area contributed by atoms with Gasteiger partial charge < -0.3 is 74.7 Å². The van der Waals surface area contributed by atoms with Crippen LogP contribution in [0.15, 0.2) is 85.1 Å². The van der Waals surface area contributed by atoms with Crippen LogP contribution in [0.4, 0.5) is 0 Å². The first kappa shape index (κ1) is 59.9. The third-order valence-corrected chi connectivity index (χ3v) is 12.5. The number of nitrogens with one attached hydrogen (secondary N) is 8. The molecule has 0 saturated heterocycles. The fourth-order valence-corrected chi connectivity index (χ4v) is 8.21. The topological polar surface area (TPSA) is 375 Å². The van der Waals surface area contributed by atoms with E-state index < -0.39 is 113 Å². The number of rotatable bonds is 28. The molecule has 0 fully saturated rings. The smallest absolute Gasteiger partial charge is 0.245 e. The zero-order valence-electron chi connectivity index (χ0n) is 41.5. The van der Waals surface area contributed by atoms with Crippen LogP contribution >= 0.6 is 25.3 Å². The summed E-state index contributed by atoms with van der Waals surface area (Å²) >= 11 is 8.73. The van der Waals surface area contributed by atoms with Gasteiger partial charge in [0.25, 0.3) is 0 Å². The fraction of sp³-hybridized carbons (Fsp3) is 0.440. The maximum Gasteiger partial charge on any atom is 0.245 e. The number of aromatic nitrogens is 1. The number of aromatic hydroxyl groups is 1. The van der Waals surface area contributed by atoms with E-state index in [1.54, 1.807) is 48.7 Å². The van der Waals surface area contributed by atoms with Crippen molar-refractivity contribution in [1.82, 2.24) is 42.2 Å². The van der Waals surface area contributed by atoms with Crippen LogP contribution in [0.3, 0.4) is 0 Å². The molecule has 402 valence electrons. The predicted octanol–water partition coefficient (Wildman–Crippen LogP) is -1.75. The molecule has 10 atom stereocenters. The quantitative estimate of drug-likeness (QED) is 0.0281. The number of fused-ring (bicyclic) bond motifs is 1. The highest BCUT2D eigenvalue weighted by Crippen LogP contribution is 2.21. The largest absolute Gasteiger partial charge is 0.508 e. The molecule has 22 nitrogen and oxygen atoms in total. The number of aromatic amines is 1. The SMILES string of the molecule is CC(O)C(NC(=O)C(NC(=O)C(NC(=O)C(CCCN)NC(=O)C(Cc1c[nH]c2ccccc12)NC(=O)C(Cc1ccc(O)cc1)NC(=O)C(CS)NC(=O)C(N)Cc1ccccc1)C(C)O)C(C)(C)S)C(N)=O. The Morgan fingerprint density at radius 2 is 1.14 bits per heavy atom. The van der Waals surface area contributed by atoms with Crippen LogP contribution in [-0.4, -0.2) is 145 Å². The zero-order chi connectivity index (χ0) is 54.9. The van der Waals surface area contributed by atoms with Crippen LogP contribution in [0.2, 0.25) is 0 Å². The number of amides is 8. The maximum atomic E-state index is 14.6. The van der Waals surface area contributed by atoms with Gasteiger partial charge in [-0.05, 0) is 88.4 Å². The number of H-pyrrole nitrogens is 1. The normalized spacial score (nSPS) is 15.5. The minimum atomic E-state index is -1.74. The molecule has 24 heteroatoms. The van der Waals surface area contributed by atoms with Crippen LogP contribution in [0.25, 0.3) is 10.9 Å². The Morgan fingerprint density at radius 3 is 1.70 bits per heavy atom. The standard InChI is InChI=1S/C50H69N11O11S2/c1-26(62)39(42(53)65)59-49(72)41(50(3,4)74)61-48(71)40(27(2)63)60-44(67)35(15-10-20-51)55-46(69)37(23-30-24-54-34-14-9-8-13-32(30)34)57-45(68)36(22-29-16-18-31(64)19-17-29)56-47(70)38(25-73)58-43(66)33(52)21-28-11-6-5-7-12-28/h5-9,11-14,16-19,24,26-27,33,35-41,54,62-64,73-74H,10,15,20-23,25,51-52H2,1-4H3,(H2,53,65)(H,55,69)(H,56,70)(H,57,68)(H,58,66)(H,59,72)(H,60,67)(H,61,71). The average molecular weight is 1060 g/mol. The number of hydrogen-bond acceptors (Lipinski definition) is 15. The van der Waals surface area contributed by atoms with E-state index in [1.165, 1.54) is 52.0 Å². The van der Waals surface area contributed by atoms with E-state index in [9.17, 15) is 53.7 Å². The van der Waals surface area contributed by atoms with Gasteiger partial charge in [-0.3, -0.25) is 38.4 Å². The molecule has 8 amide bonds. The van der Waals surface area contributed by atoms with Crippen molar-refractivity contribution in [2.45, 2.75) is 125 Å².